The number of hydrogen-bond donors (Lipinski definition) is 0. The Morgan fingerprint density at radius 1 is 1.04 bits per heavy atom. The lowest BCUT2D eigenvalue weighted by Gasteiger charge is -2.15. The van der Waals surface area contributed by atoms with E-state index in [1.165, 1.54) is 10.9 Å². The normalized spacial score (nSPS) is 18.9. The number of hydrogen-bond acceptors (Lipinski definition) is 4. The fourth-order valence-corrected chi connectivity index (χ4v) is 4.03. The Kier molecular flexibility index (Phi) is 2.54. The molecule has 138 valence electrons. The summed E-state index contributed by atoms with van der Waals surface area (Å²) in [6.07, 6.45) is 2.01. The third-order valence-electron chi connectivity index (χ3n) is 5.04. The van der Waals surface area contributed by atoms with Crippen LogP contribution in [-0.2, 0) is 12.1 Å². The predicted molar refractivity (Wildman–Crippen MR) is 85.2 cm³/mol. The molecule has 1 unspecified atom stereocenters. The Labute approximate surface area is 155 Å². The summed E-state index contributed by atoms with van der Waals surface area (Å²) < 4.78 is 46.9. The molecule has 1 atom stereocenters. The van der Waals surface area contributed by atoms with Crippen molar-refractivity contribution < 1.29 is 22.3 Å². The topological polar surface area (TPSA) is 69.2 Å². The molecule has 0 aliphatic carbocycles. The quantitative estimate of drug-likeness (QED) is 0.366. The van der Waals surface area contributed by atoms with E-state index in [1.54, 1.807) is 40.8 Å². The summed E-state index contributed by atoms with van der Waals surface area (Å²) >= 11 is 0. The predicted octanol–water partition coefficient (Wildman–Crippen LogP) is 0.945. The lowest BCUT2D eigenvalue weighted by atomic mass is 10.3. The van der Waals surface area contributed by atoms with E-state index < -0.39 is 17.8 Å². The van der Waals surface area contributed by atoms with Crippen molar-refractivity contribution in [2.24, 2.45) is 0 Å². The maximum absolute atomic E-state index is 13.4. The van der Waals surface area contributed by atoms with E-state index in [1.807, 2.05) is 16.7 Å². The fourth-order valence-electron chi connectivity index (χ4n) is 4.03. The molecule has 0 aromatic carbocycles. The van der Waals surface area contributed by atoms with E-state index in [0.29, 0.717) is 23.0 Å². The van der Waals surface area contributed by atoms with Crippen molar-refractivity contribution >= 4 is 0 Å². The zero-order valence-electron chi connectivity index (χ0n) is 14.3. The van der Waals surface area contributed by atoms with E-state index in [4.69, 9.17) is 0 Å². The molecule has 6 rings (SSSR count). The standard InChI is InChI=1S/C17H11F3N8/c1-10-22-15-11-4-2-3-6-25(11)17(28(15)23-10)26-7-5-21-9-13(26)12-8-14(16(18,19)20)24-27(12)17/h2-9H,1H3/q+2. The highest BCUT2D eigenvalue weighted by Crippen LogP contribution is 2.39. The van der Waals surface area contributed by atoms with Gasteiger partial charge in [0.05, 0.1) is 6.20 Å². The average Bonchev–Trinajstić information content (AvgIpc) is 3.37. The minimum absolute atomic E-state index is 0.295. The molecule has 0 bridgehead atoms. The molecule has 0 fully saturated rings. The maximum Gasteiger partial charge on any atom is 0.584 e. The largest absolute Gasteiger partial charge is 0.584 e. The Morgan fingerprint density at radius 2 is 1.86 bits per heavy atom. The van der Waals surface area contributed by atoms with Crippen LogP contribution >= 0.6 is 0 Å². The van der Waals surface area contributed by atoms with Gasteiger partial charge in [-0.25, -0.2) is 4.98 Å². The van der Waals surface area contributed by atoms with Crippen LogP contribution < -0.4 is 9.13 Å². The third-order valence-corrected chi connectivity index (χ3v) is 5.04. The SMILES string of the molecule is Cc1nc2n(n1)C1(n3nc(C(F)(F)F)cc3-c3cncc[n+]31)[n+]1ccccc1-2. The van der Waals surface area contributed by atoms with Gasteiger partial charge >= 0.3 is 12.1 Å². The first kappa shape index (κ1) is 15.4. The zero-order valence-corrected chi connectivity index (χ0v) is 14.3. The molecule has 6 heterocycles. The van der Waals surface area contributed by atoms with Gasteiger partial charge in [-0.15, -0.1) is 9.78 Å². The van der Waals surface area contributed by atoms with Crippen molar-refractivity contribution in [1.29, 1.82) is 0 Å². The molecule has 2 aliphatic rings. The van der Waals surface area contributed by atoms with Crippen LogP contribution in [0.25, 0.3) is 22.9 Å². The van der Waals surface area contributed by atoms with Crippen LogP contribution in [0.3, 0.4) is 0 Å². The van der Waals surface area contributed by atoms with Gasteiger partial charge in [0, 0.05) is 18.2 Å². The second-order valence-electron chi connectivity index (χ2n) is 6.61. The summed E-state index contributed by atoms with van der Waals surface area (Å²) in [5.41, 5.74) is 0.535. The minimum atomic E-state index is -4.57. The average molecular weight is 384 g/mol. The number of halogens is 3. The van der Waals surface area contributed by atoms with Crippen molar-refractivity contribution in [3.63, 3.8) is 0 Å². The smallest absolute Gasteiger partial charge is 0.251 e. The van der Waals surface area contributed by atoms with Crippen molar-refractivity contribution in [3.8, 4) is 22.9 Å². The zero-order chi connectivity index (χ0) is 19.3. The number of fused-ring (bicyclic) bond motifs is 10. The van der Waals surface area contributed by atoms with Crippen LogP contribution in [0.4, 0.5) is 13.2 Å². The molecule has 0 N–H and O–H groups in total. The number of aryl methyl sites for hydroxylation is 1. The first-order chi connectivity index (χ1) is 13.4. The number of aromatic nitrogens is 8. The maximum atomic E-state index is 13.4. The van der Waals surface area contributed by atoms with Crippen molar-refractivity contribution in [2.45, 2.75) is 19.0 Å². The van der Waals surface area contributed by atoms with Gasteiger partial charge in [-0.3, -0.25) is 4.98 Å². The Balaban J connectivity index is 1.81. The molecular weight excluding hydrogens is 373 g/mol. The van der Waals surface area contributed by atoms with Gasteiger partial charge in [0.15, 0.2) is 23.8 Å². The van der Waals surface area contributed by atoms with Crippen molar-refractivity contribution in [3.05, 3.63) is 60.6 Å². The number of pyridine rings is 1. The highest BCUT2D eigenvalue weighted by molar-refractivity contribution is 5.55. The number of rotatable bonds is 0. The first-order valence-electron chi connectivity index (χ1n) is 8.42. The van der Waals surface area contributed by atoms with Gasteiger partial charge in [0.25, 0.3) is 11.4 Å². The molecule has 1 spiro atoms. The summed E-state index contributed by atoms with van der Waals surface area (Å²) in [7, 11) is 0. The summed E-state index contributed by atoms with van der Waals surface area (Å²) in [6, 6.07) is 6.53. The van der Waals surface area contributed by atoms with Crippen molar-refractivity contribution in [2.75, 3.05) is 0 Å². The van der Waals surface area contributed by atoms with Gasteiger partial charge in [-0.1, -0.05) is 13.8 Å². The molecule has 0 radical (unpaired) electrons. The number of alkyl halides is 3. The van der Waals surface area contributed by atoms with Crippen LogP contribution in [-0.4, -0.2) is 29.5 Å². The molecule has 28 heavy (non-hydrogen) atoms. The number of nitrogens with zero attached hydrogens (tertiary/aromatic N) is 8. The summed E-state index contributed by atoms with van der Waals surface area (Å²) in [5.74, 6) is -0.271. The summed E-state index contributed by atoms with van der Waals surface area (Å²) in [6.45, 7) is 1.74. The van der Waals surface area contributed by atoms with E-state index in [2.05, 4.69) is 20.2 Å². The highest BCUT2D eigenvalue weighted by Gasteiger charge is 2.70. The first-order valence-corrected chi connectivity index (χ1v) is 8.42. The van der Waals surface area contributed by atoms with Crippen LogP contribution in [0.5, 0.6) is 0 Å². The molecule has 4 aromatic rings. The minimum Gasteiger partial charge on any atom is -0.251 e. The van der Waals surface area contributed by atoms with E-state index in [9.17, 15) is 13.2 Å². The highest BCUT2D eigenvalue weighted by atomic mass is 19.4. The van der Waals surface area contributed by atoms with Crippen LogP contribution in [0.1, 0.15) is 11.5 Å². The Morgan fingerprint density at radius 3 is 2.68 bits per heavy atom. The molecule has 0 amide bonds. The molecule has 0 saturated heterocycles. The van der Waals surface area contributed by atoms with Crippen LogP contribution in [0.2, 0.25) is 0 Å². The van der Waals surface area contributed by atoms with Gasteiger partial charge in [0.1, 0.15) is 12.0 Å². The summed E-state index contributed by atoms with van der Waals surface area (Å²) in [4.78, 5) is 8.59. The molecule has 0 saturated carbocycles. The fraction of sp³-hybridized carbons (Fsp3) is 0.176. The second-order valence-corrected chi connectivity index (χ2v) is 6.61. The monoisotopic (exact) mass is 384 g/mol. The Hall–Kier alpha value is -3.63. The Bertz CT molecular complexity index is 1290. The molecule has 2 aliphatic heterocycles. The molecule has 4 aromatic heterocycles. The third kappa shape index (κ3) is 1.58. The van der Waals surface area contributed by atoms with Crippen molar-refractivity contribution in [1.82, 2.24) is 29.5 Å². The van der Waals surface area contributed by atoms with Crippen LogP contribution in [0.15, 0.2) is 49.1 Å². The van der Waals surface area contributed by atoms with E-state index in [-0.39, 0.29) is 0 Å². The lowest BCUT2D eigenvalue weighted by molar-refractivity contribution is -0.990. The van der Waals surface area contributed by atoms with Gasteiger partial charge < -0.3 is 0 Å². The van der Waals surface area contributed by atoms with E-state index >= 15 is 0 Å². The molecular formula is C17H11F3N8+2. The molecule has 11 heteroatoms. The van der Waals surface area contributed by atoms with E-state index in [0.717, 1.165) is 11.8 Å². The summed E-state index contributed by atoms with van der Waals surface area (Å²) in [5, 5.41) is 8.46. The lowest BCUT2D eigenvalue weighted by Crippen LogP contribution is -2.77. The van der Waals surface area contributed by atoms with Gasteiger partial charge in [-0.05, 0) is 13.0 Å². The van der Waals surface area contributed by atoms with Gasteiger partial charge in [0.2, 0.25) is 5.82 Å². The molecule has 8 nitrogen and oxygen atoms in total. The van der Waals surface area contributed by atoms with Crippen LogP contribution in [0, 0.1) is 6.92 Å². The second kappa shape index (κ2) is 4.61. The van der Waals surface area contributed by atoms with Gasteiger partial charge in [-0.2, -0.15) is 18.3 Å².